The summed E-state index contributed by atoms with van der Waals surface area (Å²) in [5.41, 5.74) is 6.44. The van der Waals surface area contributed by atoms with Crippen molar-refractivity contribution >= 4 is 16.8 Å². The van der Waals surface area contributed by atoms with Crippen molar-refractivity contribution in [1.82, 2.24) is 25.4 Å². The molecule has 0 radical (unpaired) electrons. The molecule has 8 nitrogen and oxygen atoms in total. The molecular formula is C31H34N6O2. The van der Waals surface area contributed by atoms with Crippen molar-refractivity contribution in [2.75, 3.05) is 13.7 Å². The van der Waals surface area contributed by atoms with Gasteiger partial charge in [0.1, 0.15) is 5.75 Å². The Hall–Kier alpha value is -4.09. The molecule has 2 aromatic carbocycles. The lowest BCUT2D eigenvalue weighted by Gasteiger charge is -2.53. The topological polar surface area (TPSA) is 110 Å². The van der Waals surface area contributed by atoms with Crippen molar-refractivity contribution in [3.8, 4) is 11.8 Å². The number of aryl methyl sites for hydroxylation is 1. The Morgan fingerprint density at radius 3 is 2.77 bits per heavy atom. The maximum Gasteiger partial charge on any atom is 0.251 e. The standard InChI is InChI=1S/C31H34N6O2/c1-20-13-28(39-2)26(25-8-10-33-29(20)25)19-37-12-9-31(14-21(15-31)17-32)16-27(37)22-3-5-23(6-4-22)30(38)34-18-24-7-11-35-36-24/h3-8,10-11,13,21,27,33H,9,12,14-16,18-19H2,1-2H3,(H,34,38)(H,35,36)/t21?,27-,31?/m0/s1. The Labute approximate surface area is 228 Å². The molecule has 3 heterocycles. The molecule has 2 aliphatic rings. The Balaban J connectivity index is 1.26. The number of piperidine rings is 1. The van der Waals surface area contributed by atoms with Crippen molar-refractivity contribution in [1.29, 1.82) is 5.26 Å². The van der Waals surface area contributed by atoms with Gasteiger partial charge < -0.3 is 15.0 Å². The first-order valence-corrected chi connectivity index (χ1v) is 13.6. The maximum atomic E-state index is 12.8. The molecule has 1 spiro atoms. The van der Waals surface area contributed by atoms with Crippen LogP contribution in [0.5, 0.6) is 5.75 Å². The lowest BCUT2D eigenvalue weighted by molar-refractivity contribution is -0.0298. The molecule has 0 bridgehead atoms. The highest BCUT2D eigenvalue weighted by Gasteiger charge is 2.49. The highest BCUT2D eigenvalue weighted by molar-refractivity contribution is 5.94. The third-order valence-corrected chi connectivity index (χ3v) is 8.79. The third kappa shape index (κ3) is 4.79. The molecule has 1 amide bonds. The highest BCUT2D eigenvalue weighted by atomic mass is 16.5. The molecule has 6 rings (SSSR count). The summed E-state index contributed by atoms with van der Waals surface area (Å²) in [5.74, 6) is 0.981. The number of likely N-dealkylation sites (tertiary alicyclic amines) is 1. The van der Waals surface area contributed by atoms with Crippen LogP contribution in [0.15, 0.2) is 54.9 Å². The smallest absolute Gasteiger partial charge is 0.251 e. The third-order valence-electron chi connectivity index (χ3n) is 8.79. The molecule has 39 heavy (non-hydrogen) atoms. The number of nitriles is 1. The summed E-state index contributed by atoms with van der Waals surface area (Å²) in [5, 5.41) is 20.4. The van der Waals surface area contributed by atoms with Crippen molar-refractivity contribution in [2.45, 2.75) is 51.7 Å². The quantitative estimate of drug-likeness (QED) is 0.301. The summed E-state index contributed by atoms with van der Waals surface area (Å²) in [6.07, 6.45) is 7.75. The summed E-state index contributed by atoms with van der Waals surface area (Å²) >= 11 is 0. The molecule has 2 fully saturated rings. The number of aromatic amines is 2. The number of ether oxygens (including phenoxy) is 1. The van der Waals surface area contributed by atoms with Gasteiger partial charge in [-0.1, -0.05) is 12.1 Å². The molecule has 3 N–H and O–H groups in total. The van der Waals surface area contributed by atoms with E-state index in [1.807, 2.05) is 24.4 Å². The molecule has 0 unspecified atom stereocenters. The van der Waals surface area contributed by atoms with Gasteiger partial charge in [-0.05, 0) is 86.0 Å². The number of aromatic nitrogens is 3. The summed E-state index contributed by atoms with van der Waals surface area (Å²) in [6.45, 7) is 4.24. The van der Waals surface area contributed by atoms with Gasteiger partial charge in [0, 0.05) is 52.9 Å². The van der Waals surface area contributed by atoms with E-state index >= 15 is 0 Å². The van der Waals surface area contributed by atoms with Crippen molar-refractivity contribution in [2.24, 2.45) is 11.3 Å². The van der Waals surface area contributed by atoms with Gasteiger partial charge in [-0.2, -0.15) is 10.4 Å². The first-order chi connectivity index (χ1) is 19.0. The van der Waals surface area contributed by atoms with E-state index in [2.05, 4.69) is 62.7 Å². The van der Waals surface area contributed by atoms with Gasteiger partial charge in [-0.25, -0.2) is 0 Å². The fraction of sp³-hybridized carbons (Fsp3) is 0.387. The summed E-state index contributed by atoms with van der Waals surface area (Å²) in [6, 6.07) is 16.8. The number of H-pyrrole nitrogens is 2. The summed E-state index contributed by atoms with van der Waals surface area (Å²) in [7, 11) is 1.74. The number of nitrogens with one attached hydrogen (secondary N) is 3. The number of amides is 1. The molecule has 1 saturated heterocycles. The van der Waals surface area contributed by atoms with E-state index in [0.29, 0.717) is 12.1 Å². The fourth-order valence-electron chi connectivity index (χ4n) is 6.64. The molecule has 8 heteroatoms. The Bertz CT molecular complexity index is 1510. The zero-order chi connectivity index (χ0) is 27.0. The van der Waals surface area contributed by atoms with Crippen LogP contribution >= 0.6 is 0 Å². The number of fused-ring (bicyclic) bond motifs is 1. The lowest BCUT2D eigenvalue weighted by Crippen LogP contribution is -2.48. The predicted molar refractivity (Wildman–Crippen MR) is 149 cm³/mol. The van der Waals surface area contributed by atoms with E-state index < -0.39 is 0 Å². The van der Waals surface area contributed by atoms with Gasteiger partial charge in [-0.3, -0.25) is 14.8 Å². The van der Waals surface area contributed by atoms with E-state index in [1.54, 1.807) is 13.3 Å². The van der Waals surface area contributed by atoms with Gasteiger partial charge in [-0.15, -0.1) is 0 Å². The maximum absolute atomic E-state index is 12.8. The van der Waals surface area contributed by atoms with Crippen LogP contribution in [0.1, 0.15) is 64.5 Å². The monoisotopic (exact) mass is 522 g/mol. The second-order valence-electron chi connectivity index (χ2n) is 11.2. The van der Waals surface area contributed by atoms with E-state index in [1.165, 1.54) is 22.1 Å². The molecule has 1 aliphatic carbocycles. The van der Waals surface area contributed by atoms with Crippen molar-refractivity contribution in [3.05, 3.63) is 82.8 Å². The van der Waals surface area contributed by atoms with Crippen LogP contribution in [-0.2, 0) is 13.1 Å². The molecule has 200 valence electrons. The second-order valence-corrected chi connectivity index (χ2v) is 11.2. The van der Waals surface area contributed by atoms with Crippen LogP contribution in [0.3, 0.4) is 0 Å². The number of carbonyl (C=O) groups is 1. The minimum atomic E-state index is -0.108. The van der Waals surface area contributed by atoms with Crippen LogP contribution in [0.25, 0.3) is 10.9 Å². The van der Waals surface area contributed by atoms with E-state index in [-0.39, 0.29) is 23.3 Å². The van der Waals surface area contributed by atoms with E-state index in [0.717, 1.165) is 55.7 Å². The van der Waals surface area contributed by atoms with Crippen molar-refractivity contribution in [3.63, 3.8) is 0 Å². The molecule has 1 atom stereocenters. The average Bonchev–Trinajstić information content (AvgIpc) is 3.65. The van der Waals surface area contributed by atoms with Gasteiger partial charge in [0.05, 0.1) is 25.4 Å². The van der Waals surface area contributed by atoms with Gasteiger partial charge >= 0.3 is 0 Å². The molecule has 1 saturated carbocycles. The van der Waals surface area contributed by atoms with Gasteiger partial charge in [0.15, 0.2) is 0 Å². The summed E-state index contributed by atoms with van der Waals surface area (Å²) < 4.78 is 5.85. The number of benzene rings is 2. The SMILES string of the molecule is COc1cc(C)c2[nH]ccc2c1CN1CCC2(CC(C#N)C2)C[C@H]1c1ccc(C(=O)NCc2ccn[nH]2)cc1. The van der Waals surface area contributed by atoms with E-state index in [4.69, 9.17) is 4.74 Å². The number of hydrogen-bond donors (Lipinski definition) is 3. The lowest BCUT2D eigenvalue weighted by atomic mass is 9.56. The molecular weight excluding hydrogens is 488 g/mol. The van der Waals surface area contributed by atoms with Gasteiger partial charge in [0.25, 0.3) is 5.91 Å². The van der Waals surface area contributed by atoms with E-state index in [9.17, 15) is 10.1 Å². The molecule has 1 aliphatic heterocycles. The van der Waals surface area contributed by atoms with Crippen LogP contribution in [0.4, 0.5) is 0 Å². The minimum absolute atomic E-state index is 0.108. The fourth-order valence-corrected chi connectivity index (χ4v) is 6.64. The first kappa shape index (κ1) is 25.2. The van der Waals surface area contributed by atoms with Crippen molar-refractivity contribution < 1.29 is 9.53 Å². The minimum Gasteiger partial charge on any atom is -0.496 e. The van der Waals surface area contributed by atoms with Crippen LogP contribution in [0.2, 0.25) is 0 Å². The summed E-state index contributed by atoms with van der Waals surface area (Å²) in [4.78, 5) is 18.7. The Morgan fingerprint density at radius 1 is 1.23 bits per heavy atom. The molecule has 4 aromatic rings. The number of carbonyl (C=O) groups excluding carboxylic acids is 1. The Morgan fingerprint density at radius 2 is 2.05 bits per heavy atom. The normalized spacial score (nSPS) is 22.9. The average molecular weight is 523 g/mol. The predicted octanol–water partition coefficient (Wildman–Crippen LogP) is 5.40. The van der Waals surface area contributed by atoms with Crippen LogP contribution in [0, 0.1) is 29.6 Å². The largest absolute Gasteiger partial charge is 0.496 e. The number of nitrogens with zero attached hydrogens (tertiary/aromatic N) is 3. The first-order valence-electron chi connectivity index (χ1n) is 13.6. The Kier molecular flexibility index (Phi) is 6.61. The van der Waals surface area contributed by atoms with Crippen LogP contribution < -0.4 is 10.1 Å². The van der Waals surface area contributed by atoms with Crippen LogP contribution in [-0.4, -0.2) is 39.6 Å². The zero-order valence-corrected chi connectivity index (χ0v) is 22.5. The number of hydrogen-bond acceptors (Lipinski definition) is 5. The number of methoxy groups -OCH3 is 1. The zero-order valence-electron chi connectivity index (χ0n) is 22.5. The number of rotatable bonds is 7. The van der Waals surface area contributed by atoms with Gasteiger partial charge in [0.2, 0.25) is 0 Å². The molecule has 2 aromatic heterocycles. The highest BCUT2D eigenvalue weighted by Crippen LogP contribution is 2.56. The second kappa shape index (κ2) is 10.2.